The molecule has 0 atom stereocenters. The van der Waals surface area contributed by atoms with E-state index < -0.39 is 12.7 Å². The van der Waals surface area contributed by atoms with Gasteiger partial charge < -0.3 is 5.32 Å². The van der Waals surface area contributed by atoms with Crippen LogP contribution in [0.5, 0.6) is 0 Å². The van der Waals surface area contributed by atoms with E-state index in [0.29, 0.717) is 13.1 Å². The van der Waals surface area contributed by atoms with Gasteiger partial charge in [-0.3, -0.25) is 4.90 Å². The molecule has 0 bridgehead atoms. The molecular formula is C12H18F3N3S. The molecule has 3 nitrogen and oxygen atoms in total. The van der Waals surface area contributed by atoms with Crippen molar-refractivity contribution in [3.05, 3.63) is 16.1 Å². The van der Waals surface area contributed by atoms with Crippen molar-refractivity contribution in [3.63, 3.8) is 0 Å². The highest BCUT2D eigenvalue weighted by Crippen LogP contribution is 2.31. The van der Waals surface area contributed by atoms with Crippen molar-refractivity contribution in [2.24, 2.45) is 0 Å². The van der Waals surface area contributed by atoms with Gasteiger partial charge in [0.25, 0.3) is 0 Å². The highest BCUT2D eigenvalue weighted by Gasteiger charge is 2.38. The molecule has 0 spiro atoms. The van der Waals surface area contributed by atoms with Crippen LogP contribution >= 0.6 is 11.3 Å². The summed E-state index contributed by atoms with van der Waals surface area (Å²) in [6, 6.07) is 0.0838. The van der Waals surface area contributed by atoms with Crippen LogP contribution in [0, 0.1) is 0 Å². The Bertz CT molecular complexity index is 401. The van der Waals surface area contributed by atoms with Crippen LogP contribution < -0.4 is 5.32 Å². The number of thiazole rings is 1. The SMILES string of the molecule is CCNCc1nc(CN(CC(F)(F)F)C2CC2)cs1. The number of hydrogen-bond donors (Lipinski definition) is 1. The minimum absolute atomic E-state index is 0.0838. The van der Waals surface area contributed by atoms with Crippen LogP contribution in [0.15, 0.2) is 5.38 Å². The van der Waals surface area contributed by atoms with Gasteiger partial charge in [-0.1, -0.05) is 6.92 Å². The Labute approximate surface area is 114 Å². The molecule has 0 radical (unpaired) electrons. The number of hydrogen-bond acceptors (Lipinski definition) is 4. The summed E-state index contributed by atoms with van der Waals surface area (Å²) in [7, 11) is 0. The Morgan fingerprint density at radius 3 is 2.79 bits per heavy atom. The smallest absolute Gasteiger partial charge is 0.311 e. The molecule has 108 valence electrons. The van der Waals surface area contributed by atoms with Crippen LogP contribution in [0.3, 0.4) is 0 Å². The van der Waals surface area contributed by atoms with Crippen LogP contribution in [0.2, 0.25) is 0 Å². The van der Waals surface area contributed by atoms with E-state index in [1.807, 2.05) is 12.3 Å². The molecule has 2 rings (SSSR count). The number of alkyl halides is 3. The Hall–Kier alpha value is -0.660. The molecular weight excluding hydrogens is 275 g/mol. The lowest BCUT2D eigenvalue weighted by Gasteiger charge is -2.22. The summed E-state index contributed by atoms with van der Waals surface area (Å²) in [6.45, 7) is 3.01. The van der Waals surface area contributed by atoms with Gasteiger partial charge in [0.15, 0.2) is 0 Å². The van der Waals surface area contributed by atoms with E-state index in [0.717, 1.165) is 30.1 Å². The highest BCUT2D eigenvalue weighted by molar-refractivity contribution is 7.09. The topological polar surface area (TPSA) is 28.2 Å². The summed E-state index contributed by atoms with van der Waals surface area (Å²) in [4.78, 5) is 5.87. The summed E-state index contributed by atoms with van der Waals surface area (Å²) in [5.41, 5.74) is 0.744. The minimum Gasteiger partial charge on any atom is -0.311 e. The molecule has 1 fully saturated rings. The normalized spacial score (nSPS) is 16.3. The zero-order valence-electron chi connectivity index (χ0n) is 10.8. The Morgan fingerprint density at radius 1 is 1.47 bits per heavy atom. The zero-order chi connectivity index (χ0) is 13.9. The van der Waals surface area contributed by atoms with Crippen LogP contribution in [-0.4, -0.2) is 35.2 Å². The van der Waals surface area contributed by atoms with E-state index in [1.165, 1.54) is 16.2 Å². The molecule has 0 amide bonds. The number of aromatic nitrogens is 1. The molecule has 19 heavy (non-hydrogen) atoms. The second-order valence-electron chi connectivity index (χ2n) is 4.76. The molecule has 7 heteroatoms. The highest BCUT2D eigenvalue weighted by atomic mass is 32.1. The van der Waals surface area contributed by atoms with Crippen molar-refractivity contribution in [3.8, 4) is 0 Å². The van der Waals surface area contributed by atoms with Crippen molar-refractivity contribution < 1.29 is 13.2 Å². The summed E-state index contributed by atoms with van der Waals surface area (Å²) in [5, 5.41) is 5.95. The van der Waals surface area contributed by atoms with E-state index in [-0.39, 0.29) is 6.04 Å². The third-order valence-electron chi connectivity index (χ3n) is 2.94. The Kier molecular flexibility index (Phi) is 4.81. The maximum absolute atomic E-state index is 12.5. The van der Waals surface area contributed by atoms with E-state index in [4.69, 9.17) is 0 Å². The van der Waals surface area contributed by atoms with Crippen LogP contribution in [-0.2, 0) is 13.1 Å². The summed E-state index contributed by atoms with van der Waals surface area (Å²) < 4.78 is 37.5. The first-order valence-electron chi connectivity index (χ1n) is 6.42. The zero-order valence-corrected chi connectivity index (χ0v) is 11.7. The fraction of sp³-hybridized carbons (Fsp3) is 0.750. The molecule has 1 aliphatic carbocycles. The predicted molar refractivity (Wildman–Crippen MR) is 69.0 cm³/mol. The van der Waals surface area contributed by atoms with Crippen molar-refractivity contribution in [2.45, 2.75) is 45.1 Å². The molecule has 1 aromatic rings. The van der Waals surface area contributed by atoms with E-state index >= 15 is 0 Å². The van der Waals surface area contributed by atoms with Gasteiger partial charge in [0.2, 0.25) is 0 Å². The van der Waals surface area contributed by atoms with Gasteiger partial charge in [-0.05, 0) is 19.4 Å². The third-order valence-corrected chi connectivity index (χ3v) is 3.83. The third kappa shape index (κ3) is 5.08. The summed E-state index contributed by atoms with van der Waals surface area (Å²) in [5.74, 6) is 0. The quantitative estimate of drug-likeness (QED) is 0.838. The largest absolute Gasteiger partial charge is 0.401 e. The number of nitrogens with zero attached hydrogens (tertiary/aromatic N) is 2. The van der Waals surface area contributed by atoms with Crippen LogP contribution in [0.25, 0.3) is 0 Å². The monoisotopic (exact) mass is 293 g/mol. The van der Waals surface area contributed by atoms with Crippen molar-refractivity contribution in [2.75, 3.05) is 13.1 Å². The van der Waals surface area contributed by atoms with Gasteiger partial charge in [-0.2, -0.15) is 13.2 Å². The standard InChI is InChI=1S/C12H18F3N3S/c1-2-16-5-11-17-9(7-19-11)6-18(10-3-4-10)8-12(13,14)15/h7,10,16H,2-6,8H2,1H3. The number of nitrogens with one attached hydrogen (secondary N) is 1. The fourth-order valence-corrected chi connectivity index (χ4v) is 2.68. The lowest BCUT2D eigenvalue weighted by atomic mass is 10.4. The molecule has 0 aliphatic heterocycles. The fourth-order valence-electron chi connectivity index (χ4n) is 1.93. The molecule has 1 aromatic heterocycles. The summed E-state index contributed by atoms with van der Waals surface area (Å²) in [6.07, 6.45) is -2.40. The average Bonchev–Trinajstić information content (AvgIpc) is 3.07. The Morgan fingerprint density at radius 2 is 2.21 bits per heavy atom. The number of halogens is 3. The van der Waals surface area contributed by atoms with Crippen LogP contribution in [0.4, 0.5) is 13.2 Å². The average molecular weight is 293 g/mol. The molecule has 0 aromatic carbocycles. The lowest BCUT2D eigenvalue weighted by Crippen LogP contribution is -2.35. The van der Waals surface area contributed by atoms with E-state index in [2.05, 4.69) is 10.3 Å². The van der Waals surface area contributed by atoms with Crippen molar-refractivity contribution >= 4 is 11.3 Å². The molecule has 1 heterocycles. The van der Waals surface area contributed by atoms with Crippen molar-refractivity contribution in [1.29, 1.82) is 0 Å². The first-order chi connectivity index (χ1) is 8.98. The van der Waals surface area contributed by atoms with Gasteiger partial charge in [0.05, 0.1) is 12.2 Å². The van der Waals surface area contributed by atoms with E-state index in [9.17, 15) is 13.2 Å². The molecule has 0 saturated heterocycles. The second-order valence-corrected chi connectivity index (χ2v) is 5.71. The second kappa shape index (κ2) is 6.19. The van der Waals surface area contributed by atoms with Gasteiger partial charge in [-0.25, -0.2) is 4.98 Å². The first kappa shape index (κ1) is 14.7. The predicted octanol–water partition coefficient (Wildman–Crippen LogP) is 2.78. The number of rotatable bonds is 7. The van der Waals surface area contributed by atoms with Crippen molar-refractivity contribution in [1.82, 2.24) is 15.2 Å². The lowest BCUT2D eigenvalue weighted by molar-refractivity contribution is -0.148. The molecule has 1 N–H and O–H groups in total. The summed E-state index contributed by atoms with van der Waals surface area (Å²) >= 11 is 1.50. The maximum Gasteiger partial charge on any atom is 0.401 e. The molecule has 0 unspecified atom stereocenters. The Balaban J connectivity index is 1.91. The van der Waals surface area contributed by atoms with Crippen LogP contribution in [0.1, 0.15) is 30.5 Å². The molecule has 1 saturated carbocycles. The van der Waals surface area contributed by atoms with Gasteiger partial charge >= 0.3 is 6.18 Å². The van der Waals surface area contributed by atoms with E-state index in [1.54, 1.807) is 0 Å². The minimum atomic E-state index is -4.13. The first-order valence-corrected chi connectivity index (χ1v) is 7.30. The molecule has 1 aliphatic rings. The van der Waals surface area contributed by atoms with Gasteiger partial charge in [0, 0.05) is 24.5 Å². The van der Waals surface area contributed by atoms with Gasteiger partial charge in [0.1, 0.15) is 5.01 Å². The van der Waals surface area contributed by atoms with Gasteiger partial charge in [-0.15, -0.1) is 11.3 Å². The maximum atomic E-state index is 12.5.